The summed E-state index contributed by atoms with van der Waals surface area (Å²) in [5.74, 6) is -1.44. The lowest BCUT2D eigenvalue weighted by Crippen LogP contribution is -2.55. The van der Waals surface area contributed by atoms with Crippen LogP contribution in [0.4, 0.5) is 18.9 Å². The highest BCUT2D eigenvalue weighted by Gasteiger charge is 2.78. The number of hydrogen-bond acceptors (Lipinski definition) is 5. The number of anilines is 1. The summed E-state index contributed by atoms with van der Waals surface area (Å²) in [4.78, 5) is 28.9. The van der Waals surface area contributed by atoms with Crippen molar-refractivity contribution in [3.05, 3.63) is 29.3 Å². The summed E-state index contributed by atoms with van der Waals surface area (Å²) in [6.45, 7) is 2.12. The molecule has 5 rings (SSSR count). The van der Waals surface area contributed by atoms with Gasteiger partial charge in [0.1, 0.15) is 6.23 Å². The van der Waals surface area contributed by atoms with Crippen molar-refractivity contribution in [2.45, 2.75) is 49.8 Å². The van der Waals surface area contributed by atoms with E-state index in [1.165, 1.54) is 15.9 Å². The van der Waals surface area contributed by atoms with Crippen LogP contribution in [-0.2, 0) is 25.2 Å². The van der Waals surface area contributed by atoms with E-state index >= 15 is 0 Å². The van der Waals surface area contributed by atoms with E-state index in [2.05, 4.69) is 0 Å². The van der Waals surface area contributed by atoms with Gasteiger partial charge in [0.2, 0.25) is 11.8 Å². The summed E-state index contributed by atoms with van der Waals surface area (Å²) in [6, 6.07) is 4.86. The Bertz CT molecular complexity index is 1080. The first-order valence-electron chi connectivity index (χ1n) is 10.9. The van der Waals surface area contributed by atoms with Gasteiger partial charge in [0.25, 0.3) is 0 Å². The van der Waals surface area contributed by atoms with Gasteiger partial charge in [-0.2, -0.15) is 18.4 Å². The molecule has 0 radical (unpaired) electrons. The molecule has 4 aliphatic rings. The Morgan fingerprint density at radius 2 is 2.09 bits per heavy atom. The minimum Gasteiger partial charge on any atom is -0.367 e. The Labute approximate surface area is 189 Å². The van der Waals surface area contributed by atoms with Crippen LogP contribution in [0.1, 0.15) is 37.3 Å². The van der Waals surface area contributed by atoms with Crippen LogP contribution in [0.25, 0.3) is 0 Å². The van der Waals surface area contributed by atoms with E-state index in [-0.39, 0.29) is 42.4 Å². The van der Waals surface area contributed by atoms with Crippen molar-refractivity contribution in [3.8, 4) is 6.07 Å². The van der Waals surface area contributed by atoms with Crippen molar-refractivity contribution in [2.75, 3.05) is 25.6 Å². The first-order chi connectivity index (χ1) is 15.4. The summed E-state index contributed by atoms with van der Waals surface area (Å²) in [6.07, 6.45) is -4.19. The quantitative estimate of drug-likeness (QED) is 0.689. The minimum atomic E-state index is -4.74. The Morgan fingerprint density at radius 1 is 1.36 bits per heavy atom. The zero-order chi connectivity index (χ0) is 23.9. The molecule has 6 atom stereocenters. The summed E-state index contributed by atoms with van der Waals surface area (Å²) in [5, 5.41) is 9.11. The molecule has 4 aliphatic heterocycles. The Balaban J connectivity index is 1.56. The van der Waals surface area contributed by atoms with E-state index < -0.39 is 40.7 Å². The summed E-state index contributed by atoms with van der Waals surface area (Å²) in [5.41, 5.74) is -3.10. The molecule has 7 nitrogen and oxygen atoms in total. The van der Waals surface area contributed by atoms with Gasteiger partial charge in [-0.1, -0.05) is 0 Å². The lowest BCUT2D eigenvalue weighted by Gasteiger charge is -2.45. The Hall–Kier alpha value is -2.64. The van der Waals surface area contributed by atoms with Crippen LogP contribution in [-0.4, -0.2) is 54.8 Å². The number of hydrogen-bond donors (Lipinski definition) is 0. The first kappa shape index (κ1) is 22.2. The van der Waals surface area contributed by atoms with Gasteiger partial charge in [0.05, 0.1) is 40.9 Å². The summed E-state index contributed by atoms with van der Waals surface area (Å²) < 4.78 is 53.2. The Morgan fingerprint density at radius 3 is 2.73 bits per heavy atom. The van der Waals surface area contributed by atoms with Gasteiger partial charge < -0.3 is 14.4 Å². The third-order valence-electron chi connectivity index (χ3n) is 7.82. The van der Waals surface area contributed by atoms with Crippen LogP contribution >= 0.6 is 0 Å². The molecule has 4 saturated heterocycles. The second kappa shape index (κ2) is 6.93. The van der Waals surface area contributed by atoms with Crippen LogP contribution in [0.15, 0.2) is 18.2 Å². The van der Waals surface area contributed by atoms with Crippen LogP contribution in [0, 0.1) is 29.1 Å². The third-order valence-corrected chi connectivity index (χ3v) is 7.82. The third kappa shape index (κ3) is 2.95. The summed E-state index contributed by atoms with van der Waals surface area (Å²) in [7, 11) is 3.38. The molecule has 1 aromatic carbocycles. The largest absolute Gasteiger partial charge is 0.417 e. The number of ether oxygens (including phenoxy) is 2. The maximum Gasteiger partial charge on any atom is 0.417 e. The molecule has 176 valence electrons. The van der Waals surface area contributed by atoms with Crippen LogP contribution in [0.2, 0.25) is 0 Å². The number of fused-ring (bicyclic) bond motifs is 2. The number of alkyl halides is 3. The fraction of sp³-hybridized carbons (Fsp3) is 0.609. The molecule has 2 amide bonds. The van der Waals surface area contributed by atoms with E-state index in [4.69, 9.17) is 14.7 Å². The molecular weight excluding hydrogens is 439 g/mol. The van der Waals surface area contributed by atoms with Gasteiger partial charge in [-0.3, -0.25) is 14.5 Å². The molecule has 1 spiro atoms. The SMILES string of the molecule is CN(C)C(=O)C[C@@H]1C[C@@]2(C)O[C@@]13CCO[C@H]1[C@@H]3[C@@H]2C(=O)N1c1ccc(C#N)c(C(F)(F)F)c1. The Kier molecular flexibility index (Phi) is 4.66. The van der Waals surface area contributed by atoms with E-state index in [1.807, 2.05) is 6.92 Å². The highest BCUT2D eigenvalue weighted by Crippen LogP contribution is 2.68. The monoisotopic (exact) mass is 463 g/mol. The molecule has 4 heterocycles. The normalized spacial score (nSPS) is 36.6. The topological polar surface area (TPSA) is 82.9 Å². The molecule has 1 aromatic rings. The van der Waals surface area contributed by atoms with E-state index in [9.17, 15) is 22.8 Å². The van der Waals surface area contributed by atoms with E-state index in [0.717, 1.165) is 12.1 Å². The number of nitriles is 1. The standard InChI is InChI=1S/C23H24F3N3O4/c1-21-10-13(8-16(30)28(2)3)22(33-21)6-7-32-20-18(22)17(21)19(31)29(20)14-5-4-12(11-27)15(9-14)23(24,25)26/h4-5,9,13,17-18,20H,6-8,10H2,1-3H3/t13-,17-,18+,20+,21-,22+/m1/s1. The van der Waals surface area contributed by atoms with Crippen molar-refractivity contribution in [1.29, 1.82) is 5.26 Å². The average Bonchev–Trinajstić information content (AvgIpc) is 3.30. The van der Waals surface area contributed by atoms with Gasteiger partial charge >= 0.3 is 6.18 Å². The number of amides is 2. The van der Waals surface area contributed by atoms with Gasteiger partial charge in [-0.15, -0.1) is 0 Å². The highest BCUT2D eigenvalue weighted by molar-refractivity contribution is 6.00. The second-order valence-corrected chi connectivity index (χ2v) is 9.83. The van der Waals surface area contributed by atoms with E-state index in [0.29, 0.717) is 12.8 Å². The first-order valence-corrected chi connectivity index (χ1v) is 10.9. The zero-order valence-corrected chi connectivity index (χ0v) is 18.5. The second-order valence-electron chi connectivity index (χ2n) is 9.83. The van der Waals surface area contributed by atoms with Crippen LogP contribution in [0.3, 0.4) is 0 Å². The molecule has 0 aliphatic carbocycles. The van der Waals surface area contributed by atoms with Gasteiger partial charge in [0, 0.05) is 38.5 Å². The maximum absolute atomic E-state index is 13.6. The maximum atomic E-state index is 13.6. The summed E-state index contributed by atoms with van der Waals surface area (Å²) >= 11 is 0. The van der Waals surface area contributed by atoms with Gasteiger partial charge in [0.15, 0.2) is 0 Å². The molecule has 0 unspecified atom stereocenters. The number of halogens is 3. The van der Waals surface area contributed by atoms with Crippen molar-refractivity contribution < 1.29 is 32.2 Å². The van der Waals surface area contributed by atoms with Crippen LogP contribution in [0.5, 0.6) is 0 Å². The number of carbonyl (C=O) groups is 2. The number of benzene rings is 1. The molecule has 0 aromatic heterocycles. The molecule has 0 N–H and O–H groups in total. The molecule has 2 bridgehead atoms. The number of nitrogens with zero attached hydrogens (tertiary/aromatic N) is 3. The van der Waals surface area contributed by atoms with Crippen LogP contribution < -0.4 is 4.90 Å². The molecule has 10 heteroatoms. The fourth-order valence-corrected chi connectivity index (χ4v) is 6.54. The van der Waals surface area contributed by atoms with Gasteiger partial charge in [-0.25, -0.2) is 0 Å². The van der Waals surface area contributed by atoms with Gasteiger partial charge in [-0.05, 0) is 37.5 Å². The lowest BCUT2D eigenvalue weighted by molar-refractivity contribution is -0.155. The molecule has 33 heavy (non-hydrogen) atoms. The highest BCUT2D eigenvalue weighted by atomic mass is 19.4. The predicted octanol–water partition coefficient (Wildman–Crippen LogP) is 2.93. The fourth-order valence-electron chi connectivity index (χ4n) is 6.54. The molecular formula is C23H24F3N3O4. The lowest BCUT2D eigenvalue weighted by atomic mass is 9.60. The van der Waals surface area contributed by atoms with E-state index in [1.54, 1.807) is 20.2 Å². The minimum absolute atomic E-state index is 0.0307. The number of carbonyl (C=O) groups excluding carboxylic acids is 2. The van der Waals surface area contributed by atoms with Crippen molar-refractivity contribution in [1.82, 2.24) is 4.90 Å². The molecule has 4 fully saturated rings. The van der Waals surface area contributed by atoms with Crippen molar-refractivity contribution in [3.63, 3.8) is 0 Å². The zero-order valence-electron chi connectivity index (χ0n) is 18.5. The predicted molar refractivity (Wildman–Crippen MR) is 109 cm³/mol. The van der Waals surface area contributed by atoms with Crippen molar-refractivity contribution >= 4 is 17.5 Å². The molecule has 0 saturated carbocycles. The average molecular weight is 463 g/mol. The number of rotatable bonds is 3. The van der Waals surface area contributed by atoms with Crippen molar-refractivity contribution in [2.24, 2.45) is 17.8 Å². The smallest absolute Gasteiger partial charge is 0.367 e.